The maximum atomic E-state index is 3.19. The highest BCUT2D eigenvalue weighted by molar-refractivity contribution is 5.52. The Morgan fingerprint density at radius 2 is 2.00 bits per heavy atom. The zero-order valence-corrected chi connectivity index (χ0v) is 11.2. The summed E-state index contributed by atoms with van der Waals surface area (Å²) in [4.78, 5) is 2.45. The molecule has 17 heavy (non-hydrogen) atoms. The SMILES string of the molecule is CCN(CCNC)C/C(C)=C/c1ccccc1. The zero-order chi connectivity index (χ0) is 12.5. The van der Waals surface area contributed by atoms with E-state index in [9.17, 15) is 0 Å². The Kier molecular flexibility index (Phi) is 6.60. The molecule has 0 aliphatic rings. The molecule has 94 valence electrons. The van der Waals surface area contributed by atoms with Crippen LogP contribution in [0.3, 0.4) is 0 Å². The zero-order valence-electron chi connectivity index (χ0n) is 11.2. The number of rotatable bonds is 7. The molecule has 2 heteroatoms. The topological polar surface area (TPSA) is 15.3 Å². The van der Waals surface area contributed by atoms with Crippen LogP contribution in [-0.2, 0) is 0 Å². The number of hydrogen-bond acceptors (Lipinski definition) is 2. The normalized spacial score (nSPS) is 12.1. The van der Waals surface area contributed by atoms with Crippen molar-refractivity contribution in [1.29, 1.82) is 0 Å². The van der Waals surface area contributed by atoms with Gasteiger partial charge in [-0.1, -0.05) is 48.9 Å². The van der Waals surface area contributed by atoms with Gasteiger partial charge in [-0.3, -0.25) is 4.90 Å². The van der Waals surface area contributed by atoms with Crippen LogP contribution in [0.5, 0.6) is 0 Å². The average Bonchev–Trinajstić information content (AvgIpc) is 2.35. The van der Waals surface area contributed by atoms with Gasteiger partial charge in [0.05, 0.1) is 0 Å². The monoisotopic (exact) mass is 232 g/mol. The second kappa shape index (κ2) is 8.04. The molecule has 0 spiro atoms. The van der Waals surface area contributed by atoms with Crippen LogP contribution in [0.1, 0.15) is 19.4 Å². The second-order valence-electron chi connectivity index (χ2n) is 4.37. The van der Waals surface area contributed by atoms with Crippen molar-refractivity contribution < 1.29 is 0 Å². The third kappa shape index (κ3) is 5.66. The highest BCUT2D eigenvalue weighted by Crippen LogP contribution is 2.07. The summed E-state index contributed by atoms with van der Waals surface area (Å²) in [6.45, 7) is 8.72. The number of benzene rings is 1. The van der Waals surface area contributed by atoms with Crippen molar-refractivity contribution in [3.63, 3.8) is 0 Å². The van der Waals surface area contributed by atoms with E-state index >= 15 is 0 Å². The molecule has 0 atom stereocenters. The van der Waals surface area contributed by atoms with Crippen LogP contribution in [0.25, 0.3) is 6.08 Å². The molecule has 0 bridgehead atoms. The molecule has 1 aromatic rings. The minimum absolute atomic E-state index is 1.05. The number of hydrogen-bond donors (Lipinski definition) is 1. The van der Waals surface area contributed by atoms with Crippen LogP contribution < -0.4 is 5.32 Å². The highest BCUT2D eigenvalue weighted by Gasteiger charge is 2.02. The molecule has 1 rings (SSSR count). The smallest absolute Gasteiger partial charge is 0.0193 e. The van der Waals surface area contributed by atoms with E-state index in [1.54, 1.807) is 0 Å². The number of nitrogens with one attached hydrogen (secondary N) is 1. The third-order valence-corrected chi connectivity index (χ3v) is 2.81. The predicted molar refractivity (Wildman–Crippen MR) is 76.1 cm³/mol. The first-order chi connectivity index (χ1) is 8.26. The number of nitrogens with zero attached hydrogens (tertiary/aromatic N) is 1. The van der Waals surface area contributed by atoms with Crippen LogP contribution >= 0.6 is 0 Å². The summed E-state index contributed by atoms with van der Waals surface area (Å²) in [5.41, 5.74) is 2.70. The Hall–Kier alpha value is -1.12. The van der Waals surface area contributed by atoms with Crippen molar-refractivity contribution in [3.05, 3.63) is 41.5 Å². The van der Waals surface area contributed by atoms with Gasteiger partial charge in [0.1, 0.15) is 0 Å². The van der Waals surface area contributed by atoms with E-state index in [-0.39, 0.29) is 0 Å². The first-order valence-electron chi connectivity index (χ1n) is 6.35. The van der Waals surface area contributed by atoms with Crippen LogP contribution in [0.15, 0.2) is 35.9 Å². The van der Waals surface area contributed by atoms with Gasteiger partial charge in [-0.05, 0) is 26.1 Å². The van der Waals surface area contributed by atoms with Gasteiger partial charge in [0.15, 0.2) is 0 Å². The lowest BCUT2D eigenvalue weighted by molar-refractivity contribution is 0.314. The van der Waals surface area contributed by atoms with Crippen molar-refractivity contribution in [2.24, 2.45) is 0 Å². The molecule has 0 amide bonds. The molecule has 0 heterocycles. The first kappa shape index (κ1) is 13.9. The van der Waals surface area contributed by atoms with Gasteiger partial charge in [-0.25, -0.2) is 0 Å². The summed E-state index contributed by atoms with van der Waals surface area (Å²) in [5, 5.41) is 3.19. The Balaban J connectivity index is 2.52. The lowest BCUT2D eigenvalue weighted by atomic mass is 10.1. The van der Waals surface area contributed by atoms with Gasteiger partial charge in [-0.2, -0.15) is 0 Å². The largest absolute Gasteiger partial charge is 0.318 e. The summed E-state index contributed by atoms with van der Waals surface area (Å²) in [7, 11) is 2.00. The van der Waals surface area contributed by atoms with Crippen molar-refractivity contribution in [2.75, 3.05) is 33.2 Å². The molecule has 0 radical (unpaired) electrons. The van der Waals surface area contributed by atoms with Crippen molar-refractivity contribution in [2.45, 2.75) is 13.8 Å². The van der Waals surface area contributed by atoms with Crippen LogP contribution in [0, 0.1) is 0 Å². The molecule has 0 fully saturated rings. The van der Waals surface area contributed by atoms with Crippen LogP contribution in [0.4, 0.5) is 0 Å². The maximum absolute atomic E-state index is 3.19. The lowest BCUT2D eigenvalue weighted by Crippen LogP contribution is -2.31. The van der Waals surface area contributed by atoms with Crippen molar-refractivity contribution in [1.82, 2.24) is 10.2 Å². The van der Waals surface area contributed by atoms with E-state index in [1.165, 1.54) is 11.1 Å². The molecule has 0 aliphatic carbocycles. The summed E-state index contributed by atoms with van der Waals surface area (Å²) >= 11 is 0. The third-order valence-electron chi connectivity index (χ3n) is 2.81. The Morgan fingerprint density at radius 3 is 2.59 bits per heavy atom. The van der Waals surface area contributed by atoms with Crippen molar-refractivity contribution >= 4 is 6.08 Å². The molecule has 1 aromatic carbocycles. The Morgan fingerprint density at radius 1 is 1.29 bits per heavy atom. The minimum Gasteiger partial charge on any atom is -0.318 e. The van der Waals surface area contributed by atoms with E-state index in [0.717, 1.165) is 26.2 Å². The maximum Gasteiger partial charge on any atom is 0.0193 e. The summed E-state index contributed by atoms with van der Waals surface area (Å²) in [5.74, 6) is 0. The number of likely N-dealkylation sites (N-methyl/N-ethyl adjacent to an activating group) is 2. The van der Waals surface area contributed by atoms with Gasteiger partial charge < -0.3 is 5.32 Å². The molecule has 0 aliphatic heterocycles. The van der Waals surface area contributed by atoms with E-state index in [2.05, 4.69) is 60.5 Å². The standard InChI is InChI=1S/C15H24N2/c1-4-17(11-10-16-3)13-14(2)12-15-8-6-5-7-9-15/h5-9,12,16H,4,10-11,13H2,1-3H3/b14-12+. The quantitative estimate of drug-likeness (QED) is 0.777. The van der Waals surface area contributed by atoms with E-state index in [4.69, 9.17) is 0 Å². The molecular weight excluding hydrogens is 208 g/mol. The van der Waals surface area contributed by atoms with Gasteiger partial charge in [0, 0.05) is 19.6 Å². The minimum atomic E-state index is 1.05. The van der Waals surface area contributed by atoms with Gasteiger partial charge >= 0.3 is 0 Å². The summed E-state index contributed by atoms with van der Waals surface area (Å²) in [6, 6.07) is 10.5. The van der Waals surface area contributed by atoms with Gasteiger partial charge in [0.2, 0.25) is 0 Å². The van der Waals surface area contributed by atoms with E-state index in [1.807, 2.05) is 7.05 Å². The first-order valence-corrected chi connectivity index (χ1v) is 6.35. The predicted octanol–water partition coefficient (Wildman–Crippen LogP) is 2.63. The van der Waals surface area contributed by atoms with Crippen LogP contribution in [-0.4, -0.2) is 38.1 Å². The van der Waals surface area contributed by atoms with Crippen LogP contribution in [0.2, 0.25) is 0 Å². The van der Waals surface area contributed by atoms with E-state index < -0.39 is 0 Å². The molecule has 1 N–H and O–H groups in total. The average molecular weight is 232 g/mol. The summed E-state index contributed by atoms with van der Waals surface area (Å²) < 4.78 is 0. The van der Waals surface area contributed by atoms with Gasteiger partial charge in [-0.15, -0.1) is 0 Å². The van der Waals surface area contributed by atoms with E-state index in [0.29, 0.717) is 0 Å². The summed E-state index contributed by atoms with van der Waals surface area (Å²) in [6.07, 6.45) is 2.27. The fourth-order valence-electron chi connectivity index (χ4n) is 1.85. The molecular formula is C15H24N2. The van der Waals surface area contributed by atoms with Gasteiger partial charge in [0.25, 0.3) is 0 Å². The molecule has 0 aromatic heterocycles. The Labute approximate surface area is 105 Å². The van der Waals surface area contributed by atoms with Crippen molar-refractivity contribution in [3.8, 4) is 0 Å². The lowest BCUT2D eigenvalue weighted by Gasteiger charge is -2.20. The molecule has 0 saturated heterocycles. The molecule has 2 nitrogen and oxygen atoms in total. The fraction of sp³-hybridized carbons (Fsp3) is 0.467. The highest BCUT2D eigenvalue weighted by atomic mass is 15.1. The second-order valence-corrected chi connectivity index (χ2v) is 4.37. The molecule has 0 unspecified atom stereocenters. The molecule has 0 saturated carbocycles. The fourth-order valence-corrected chi connectivity index (χ4v) is 1.85. The Bertz CT molecular complexity index is 330.